The normalized spacial score (nSPS) is 18.8. The molecule has 1 aliphatic rings. The van der Waals surface area contributed by atoms with Gasteiger partial charge in [0.2, 0.25) is 0 Å². The molecular weight excluding hydrogens is 198 g/mol. The van der Waals surface area contributed by atoms with Crippen molar-refractivity contribution in [1.29, 1.82) is 0 Å². The second-order valence-corrected chi connectivity index (χ2v) is 5.64. The molecule has 1 aromatic heterocycles. The first kappa shape index (κ1) is 11.6. The minimum Gasteiger partial charge on any atom is -0.332 e. The molecule has 0 unspecified atom stereocenters. The van der Waals surface area contributed by atoms with Crippen LogP contribution in [-0.2, 0) is 12.1 Å². The van der Waals surface area contributed by atoms with E-state index in [2.05, 4.69) is 35.6 Å². The third kappa shape index (κ3) is 2.01. The maximum absolute atomic E-state index is 4.31. The molecule has 1 saturated carbocycles. The van der Waals surface area contributed by atoms with Gasteiger partial charge in [-0.2, -0.15) is 0 Å². The van der Waals surface area contributed by atoms with Gasteiger partial charge >= 0.3 is 0 Å². The number of rotatable bonds is 5. The van der Waals surface area contributed by atoms with Gasteiger partial charge in [-0.3, -0.25) is 0 Å². The first-order valence-electron chi connectivity index (χ1n) is 6.22. The molecule has 0 bridgehead atoms. The Morgan fingerprint density at radius 2 is 2.19 bits per heavy atom. The van der Waals surface area contributed by atoms with E-state index in [1.807, 2.05) is 19.6 Å². The first-order valence-corrected chi connectivity index (χ1v) is 6.22. The van der Waals surface area contributed by atoms with Crippen molar-refractivity contribution in [3.63, 3.8) is 0 Å². The fourth-order valence-electron chi connectivity index (χ4n) is 2.26. The summed E-state index contributed by atoms with van der Waals surface area (Å²) in [4.78, 5) is 4.31. The van der Waals surface area contributed by atoms with E-state index in [1.165, 1.54) is 25.0 Å². The molecule has 1 fully saturated rings. The highest BCUT2D eigenvalue weighted by Crippen LogP contribution is 2.50. The lowest BCUT2D eigenvalue weighted by molar-refractivity contribution is 0.358. The third-order valence-electron chi connectivity index (χ3n) is 4.19. The summed E-state index contributed by atoms with van der Waals surface area (Å²) in [6, 6.07) is 0. The molecule has 1 heterocycles. The highest BCUT2D eigenvalue weighted by molar-refractivity contribution is 5.12. The molecule has 0 atom stereocenters. The van der Waals surface area contributed by atoms with Crippen molar-refractivity contribution in [3.8, 4) is 0 Å². The number of hydrogen-bond acceptors (Lipinski definition) is 2. The summed E-state index contributed by atoms with van der Waals surface area (Å²) >= 11 is 0. The van der Waals surface area contributed by atoms with Crippen molar-refractivity contribution >= 4 is 0 Å². The topological polar surface area (TPSA) is 29.9 Å². The van der Waals surface area contributed by atoms with Gasteiger partial charge in [0.05, 0.1) is 17.6 Å². The van der Waals surface area contributed by atoms with Gasteiger partial charge < -0.3 is 9.88 Å². The fraction of sp³-hybridized carbons (Fsp3) is 0.769. The molecule has 0 saturated heterocycles. The molecule has 2 rings (SSSR count). The molecule has 3 heteroatoms. The van der Waals surface area contributed by atoms with Gasteiger partial charge in [-0.25, -0.2) is 4.98 Å². The Morgan fingerprint density at radius 3 is 2.69 bits per heavy atom. The van der Waals surface area contributed by atoms with Crippen molar-refractivity contribution in [2.75, 3.05) is 7.05 Å². The average Bonchev–Trinajstić information content (AvgIpc) is 2.88. The summed E-state index contributed by atoms with van der Waals surface area (Å²) in [7, 11) is 2.00. The van der Waals surface area contributed by atoms with E-state index in [0.717, 1.165) is 6.54 Å². The standard InChI is InChI=1S/C13H23N3/c1-5-13(6-7-13)9-16-10-15-8-11(16)12(2,3)14-4/h8,10,14H,5-7,9H2,1-4H3. The van der Waals surface area contributed by atoms with Crippen molar-refractivity contribution in [2.24, 2.45) is 5.41 Å². The second kappa shape index (κ2) is 3.88. The largest absolute Gasteiger partial charge is 0.332 e. The second-order valence-electron chi connectivity index (χ2n) is 5.64. The van der Waals surface area contributed by atoms with Crippen LogP contribution in [0, 0.1) is 5.41 Å². The van der Waals surface area contributed by atoms with Crippen molar-refractivity contribution in [2.45, 2.75) is 52.1 Å². The van der Waals surface area contributed by atoms with Crippen LogP contribution < -0.4 is 5.32 Å². The van der Waals surface area contributed by atoms with Gasteiger partial charge in [-0.15, -0.1) is 0 Å². The number of nitrogens with zero attached hydrogens (tertiary/aromatic N) is 2. The monoisotopic (exact) mass is 221 g/mol. The maximum Gasteiger partial charge on any atom is 0.0948 e. The van der Waals surface area contributed by atoms with Gasteiger partial charge in [0.15, 0.2) is 0 Å². The van der Waals surface area contributed by atoms with E-state index in [1.54, 1.807) is 0 Å². The number of imidazole rings is 1. The lowest BCUT2D eigenvalue weighted by Crippen LogP contribution is -2.36. The summed E-state index contributed by atoms with van der Waals surface area (Å²) in [5.41, 5.74) is 1.86. The predicted octanol–water partition coefficient (Wildman–Crippen LogP) is 2.53. The van der Waals surface area contributed by atoms with Crippen LogP contribution >= 0.6 is 0 Å². The molecule has 0 aromatic carbocycles. The van der Waals surface area contributed by atoms with Crippen molar-refractivity contribution in [3.05, 3.63) is 18.2 Å². The molecule has 16 heavy (non-hydrogen) atoms. The van der Waals surface area contributed by atoms with Crippen molar-refractivity contribution < 1.29 is 0 Å². The van der Waals surface area contributed by atoms with Gasteiger partial charge in [0.1, 0.15) is 0 Å². The molecule has 3 nitrogen and oxygen atoms in total. The Morgan fingerprint density at radius 1 is 1.50 bits per heavy atom. The maximum atomic E-state index is 4.31. The van der Waals surface area contributed by atoms with Crippen LogP contribution in [0.4, 0.5) is 0 Å². The van der Waals surface area contributed by atoms with Gasteiger partial charge in [-0.05, 0) is 45.6 Å². The minimum atomic E-state index is 0.000319. The fourth-order valence-corrected chi connectivity index (χ4v) is 2.26. The number of nitrogens with one attached hydrogen (secondary N) is 1. The van der Waals surface area contributed by atoms with Gasteiger partial charge in [0.25, 0.3) is 0 Å². The number of hydrogen-bond donors (Lipinski definition) is 1. The van der Waals surface area contributed by atoms with Gasteiger partial charge in [-0.1, -0.05) is 6.92 Å². The van der Waals surface area contributed by atoms with Crippen LogP contribution in [0.2, 0.25) is 0 Å². The minimum absolute atomic E-state index is 0.000319. The molecule has 0 aliphatic heterocycles. The van der Waals surface area contributed by atoms with E-state index < -0.39 is 0 Å². The van der Waals surface area contributed by atoms with Crippen LogP contribution in [0.1, 0.15) is 45.7 Å². The highest BCUT2D eigenvalue weighted by atomic mass is 15.1. The molecule has 0 radical (unpaired) electrons. The van der Waals surface area contributed by atoms with Crippen LogP contribution in [0.25, 0.3) is 0 Å². The molecule has 90 valence electrons. The molecule has 0 amide bonds. The molecule has 1 N–H and O–H groups in total. The molecule has 1 aromatic rings. The summed E-state index contributed by atoms with van der Waals surface area (Å²) in [5, 5.41) is 3.35. The van der Waals surface area contributed by atoms with Crippen LogP contribution in [0.15, 0.2) is 12.5 Å². The first-order chi connectivity index (χ1) is 7.53. The molecular formula is C13H23N3. The van der Waals surface area contributed by atoms with Gasteiger partial charge in [0, 0.05) is 12.7 Å². The Labute approximate surface area is 98.3 Å². The zero-order valence-electron chi connectivity index (χ0n) is 10.9. The smallest absolute Gasteiger partial charge is 0.0948 e. The average molecular weight is 221 g/mol. The van der Waals surface area contributed by atoms with E-state index in [9.17, 15) is 0 Å². The zero-order chi connectivity index (χ0) is 11.8. The van der Waals surface area contributed by atoms with Crippen molar-refractivity contribution in [1.82, 2.24) is 14.9 Å². The Balaban J connectivity index is 2.20. The summed E-state index contributed by atoms with van der Waals surface area (Å²) in [6.07, 6.45) is 8.00. The van der Waals surface area contributed by atoms with Crippen LogP contribution in [0.3, 0.4) is 0 Å². The Bertz CT molecular complexity index is 361. The summed E-state index contributed by atoms with van der Waals surface area (Å²) in [6.45, 7) is 7.83. The van der Waals surface area contributed by atoms with E-state index >= 15 is 0 Å². The Hall–Kier alpha value is -0.830. The molecule has 0 spiro atoms. The summed E-state index contributed by atoms with van der Waals surface area (Å²) < 4.78 is 2.33. The van der Waals surface area contributed by atoms with E-state index in [4.69, 9.17) is 0 Å². The lowest BCUT2D eigenvalue weighted by atomic mass is 9.99. The Kier molecular flexibility index (Phi) is 2.82. The van der Waals surface area contributed by atoms with E-state index in [-0.39, 0.29) is 5.54 Å². The van der Waals surface area contributed by atoms with E-state index in [0.29, 0.717) is 5.41 Å². The zero-order valence-corrected chi connectivity index (χ0v) is 10.9. The lowest BCUT2D eigenvalue weighted by Gasteiger charge is -2.27. The highest BCUT2D eigenvalue weighted by Gasteiger charge is 2.41. The predicted molar refractivity (Wildman–Crippen MR) is 66.3 cm³/mol. The number of aromatic nitrogens is 2. The SMILES string of the molecule is CCC1(Cn2cncc2C(C)(C)NC)CC1. The van der Waals surface area contributed by atoms with Crippen LogP contribution in [0.5, 0.6) is 0 Å². The quantitative estimate of drug-likeness (QED) is 0.828. The van der Waals surface area contributed by atoms with Crippen LogP contribution in [-0.4, -0.2) is 16.6 Å². The third-order valence-corrected chi connectivity index (χ3v) is 4.19. The molecule has 1 aliphatic carbocycles. The summed E-state index contributed by atoms with van der Waals surface area (Å²) in [5.74, 6) is 0.